The highest BCUT2D eigenvalue weighted by Crippen LogP contribution is 1.97. The van der Waals surface area contributed by atoms with E-state index in [1.54, 1.807) is 6.20 Å². The van der Waals surface area contributed by atoms with E-state index in [2.05, 4.69) is 23.7 Å². The maximum Gasteiger partial charge on any atom is 0.0856 e. The summed E-state index contributed by atoms with van der Waals surface area (Å²) in [6.45, 7) is 2.10. The summed E-state index contributed by atoms with van der Waals surface area (Å²) in [5.74, 6) is 0. The molecule has 2 nitrogen and oxygen atoms in total. The molecule has 0 amide bonds. The number of hydrogen-bond donors (Lipinski definition) is 1. The van der Waals surface area contributed by atoms with Gasteiger partial charge in [-0.3, -0.25) is 4.98 Å². The fraction of sp³-hybridized carbons (Fsp3) is 0.375. The van der Waals surface area contributed by atoms with Crippen LogP contribution in [0.15, 0.2) is 24.5 Å². The molecule has 1 atom stereocenters. The molecule has 0 bridgehead atoms. The Kier molecular flexibility index (Phi) is 2.40. The summed E-state index contributed by atoms with van der Waals surface area (Å²) in [6, 6.07) is 4.51. The van der Waals surface area contributed by atoms with Gasteiger partial charge in [0.05, 0.1) is 6.04 Å². The molecule has 54 valence electrons. The summed E-state index contributed by atoms with van der Waals surface area (Å²) < 4.78 is 0. The van der Waals surface area contributed by atoms with Crippen molar-refractivity contribution in [2.75, 3.05) is 0 Å². The zero-order valence-corrected chi connectivity index (χ0v) is 6.25. The first-order chi connectivity index (χ1) is 4.79. The van der Waals surface area contributed by atoms with Crippen LogP contribution in [0.4, 0.5) is 0 Å². The Morgan fingerprint density at radius 2 is 2.50 bits per heavy atom. The number of rotatable bonds is 2. The second-order valence-electron chi connectivity index (χ2n) is 2.67. The molecule has 2 heteroatoms. The van der Waals surface area contributed by atoms with Crippen LogP contribution in [-0.2, 0) is 6.42 Å². The first-order valence-electron chi connectivity index (χ1n) is 3.51. The lowest BCUT2D eigenvalue weighted by molar-refractivity contribution is -0.413. The molecule has 1 rings (SSSR count). The van der Waals surface area contributed by atoms with E-state index in [0.29, 0.717) is 6.04 Å². The molecule has 0 saturated carbocycles. The fourth-order valence-corrected chi connectivity index (χ4v) is 0.921. The largest absolute Gasteiger partial charge is 0.355 e. The number of aromatic nitrogens is 1. The predicted octanol–water partition coefficient (Wildman–Crippen LogP) is 0.254. The quantitative estimate of drug-likeness (QED) is 0.624. The second-order valence-corrected chi connectivity index (χ2v) is 2.67. The summed E-state index contributed by atoms with van der Waals surface area (Å²) in [4.78, 5) is 4.01. The Bertz CT molecular complexity index is 182. The summed E-state index contributed by atoms with van der Waals surface area (Å²) in [5, 5.41) is 0. The normalized spacial score (nSPS) is 13.0. The minimum Gasteiger partial charge on any atom is -0.355 e. The molecule has 0 aliphatic rings. The van der Waals surface area contributed by atoms with E-state index in [0.717, 1.165) is 6.42 Å². The molecule has 3 N–H and O–H groups in total. The predicted molar refractivity (Wildman–Crippen MR) is 40.3 cm³/mol. The number of hydrogen-bond acceptors (Lipinski definition) is 1. The van der Waals surface area contributed by atoms with Gasteiger partial charge in [-0.25, -0.2) is 0 Å². The molecular formula is C8H13N2+. The molecule has 10 heavy (non-hydrogen) atoms. The van der Waals surface area contributed by atoms with E-state index >= 15 is 0 Å². The van der Waals surface area contributed by atoms with Crippen molar-refractivity contribution in [3.8, 4) is 0 Å². The molecule has 0 aliphatic carbocycles. The molecular weight excluding hydrogens is 124 g/mol. The maximum absolute atomic E-state index is 4.01. The van der Waals surface area contributed by atoms with Crippen molar-refractivity contribution in [3.05, 3.63) is 30.1 Å². The van der Waals surface area contributed by atoms with Gasteiger partial charge in [-0.2, -0.15) is 0 Å². The van der Waals surface area contributed by atoms with E-state index in [1.165, 1.54) is 5.56 Å². The van der Waals surface area contributed by atoms with Crippen LogP contribution in [0.5, 0.6) is 0 Å². The van der Waals surface area contributed by atoms with Crippen molar-refractivity contribution in [2.24, 2.45) is 0 Å². The van der Waals surface area contributed by atoms with Crippen LogP contribution in [0.2, 0.25) is 0 Å². The maximum atomic E-state index is 4.01. The molecule has 0 radical (unpaired) electrons. The van der Waals surface area contributed by atoms with Crippen molar-refractivity contribution in [1.29, 1.82) is 0 Å². The lowest BCUT2D eigenvalue weighted by atomic mass is 10.1. The van der Waals surface area contributed by atoms with Gasteiger partial charge >= 0.3 is 0 Å². The van der Waals surface area contributed by atoms with Crippen LogP contribution in [0.1, 0.15) is 12.5 Å². The van der Waals surface area contributed by atoms with E-state index in [4.69, 9.17) is 0 Å². The molecule has 0 fully saturated rings. The Morgan fingerprint density at radius 3 is 3.00 bits per heavy atom. The average molecular weight is 137 g/mol. The third-order valence-electron chi connectivity index (χ3n) is 1.31. The van der Waals surface area contributed by atoms with Gasteiger partial charge in [-0.1, -0.05) is 6.07 Å². The van der Waals surface area contributed by atoms with Crippen LogP contribution >= 0.6 is 0 Å². The molecule has 1 aromatic heterocycles. The minimum absolute atomic E-state index is 0.476. The summed E-state index contributed by atoms with van der Waals surface area (Å²) in [6.07, 6.45) is 4.70. The number of nitrogens with zero attached hydrogens (tertiary/aromatic N) is 1. The van der Waals surface area contributed by atoms with Crippen LogP contribution in [0.3, 0.4) is 0 Å². The van der Waals surface area contributed by atoms with Crippen molar-refractivity contribution in [1.82, 2.24) is 4.98 Å². The molecule has 0 aromatic carbocycles. The highest BCUT2D eigenvalue weighted by molar-refractivity contribution is 5.08. The summed E-state index contributed by atoms with van der Waals surface area (Å²) in [5.41, 5.74) is 5.17. The number of pyridine rings is 1. The SMILES string of the molecule is C[C@@H]([NH3+])Cc1cccnc1. The third kappa shape index (κ3) is 2.15. The Morgan fingerprint density at radius 1 is 1.70 bits per heavy atom. The highest BCUT2D eigenvalue weighted by atomic mass is 14.6. The number of quaternary nitrogens is 1. The second kappa shape index (κ2) is 3.32. The van der Waals surface area contributed by atoms with Gasteiger partial charge in [-0.15, -0.1) is 0 Å². The van der Waals surface area contributed by atoms with Crippen molar-refractivity contribution in [3.63, 3.8) is 0 Å². The fourth-order valence-electron chi connectivity index (χ4n) is 0.921. The monoisotopic (exact) mass is 137 g/mol. The molecule has 0 spiro atoms. The van der Waals surface area contributed by atoms with Crippen LogP contribution in [0.25, 0.3) is 0 Å². The lowest BCUT2D eigenvalue weighted by Gasteiger charge is -1.99. The first-order valence-corrected chi connectivity index (χ1v) is 3.51. The summed E-state index contributed by atoms with van der Waals surface area (Å²) >= 11 is 0. The van der Waals surface area contributed by atoms with Gasteiger partial charge < -0.3 is 5.73 Å². The van der Waals surface area contributed by atoms with Crippen molar-refractivity contribution < 1.29 is 5.73 Å². The van der Waals surface area contributed by atoms with E-state index in [-0.39, 0.29) is 0 Å². The average Bonchev–Trinajstić information content (AvgIpc) is 1.88. The minimum atomic E-state index is 0.476. The third-order valence-corrected chi connectivity index (χ3v) is 1.31. The Balaban J connectivity index is 2.59. The molecule has 0 saturated heterocycles. The van der Waals surface area contributed by atoms with Crippen LogP contribution in [-0.4, -0.2) is 11.0 Å². The topological polar surface area (TPSA) is 40.5 Å². The van der Waals surface area contributed by atoms with Gasteiger partial charge in [0.15, 0.2) is 0 Å². The molecule has 1 aromatic rings. The van der Waals surface area contributed by atoms with Crippen LogP contribution < -0.4 is 5.73 Å². The Labute approximate surface area is 61.1 Å². The smallest absolute Gasteiger partial charge is 0.0856 e. The van der Waals surface area contributed by atoms with E-state index in [9.17, 15) is 0 Å². The van der Waals surface area contributed by atoms with E-state index < -0.39 is 0 Å². The van der Waals surface area contributed by atoms with Gasteiger partial charge in [0, 0.05) is 18.8 Å². The molecule has 1 heterocycles. The molecule has 0 unspecified atom stereocenters. The molecule has 0 aliphatic heterocycles. The lowest BCUT2D eigenvalue weighted by Crippen LogP contribution is -2.60. The Hall–Kier alpha value is -0.890. The summed E-state index contributed by atoms with van der Waals surface area (Å²) in [7, 11) is 0. The first kappa shape index (κ1) is 7.22. The zero-order chi connectivity index (χ0) is 7.40. The van der Waals surface area contributed by atoms with Gasteiger partial charge in [0.1, 0.15) is 0 Å². The van der Waals surface area contributed by atoms with E-state index in [1.807, 2.05) is 12.3 Å². The van der Waals surface area contributed by atoms with Crippen molar-refractivity contribution >= 4 is 0 Å². The highest BCUT2D eigenvalue weighted by Gasteiger charge is 1.98. The van der Waals surface area contributed by atoms with Gasteiger partial charge in [0.25, 0.3) is 0 Å². The standard InChI is InChI=1S/C8H12N2/c1-7(9)5-8-3-2-4-10-6-8/h2-4,6-7H,5,9H2,1H3/p+1/t7-/m1/s1. The van der Waals surface area contributed by atoms with Crippen LogP contribution in [0, 0.1) is 0 Å². The zero-order valence-electron chi connectivity index (χ0n) is 6.25. The van der Waals surface area contributed by atoms with Crippen molar-refractivity contribution in [2.45, 2.75) is 19.4 Å². The van der Waals surface area contributed by atoms with Gasteiger partial charge in [-0.05, 0) is 18.6 Å². The van der Waals surface area contributed by atoms with Gasteiger partial charge in [0.2, 0.25) is 0 Å².